The molecule has 10 aromatic carbocycles. The van der Waals surface area contributed by atoms with Crippen LogP contribution in [-0.4, -0.2) is 0 Å². The molecule has 1 heteroatoms. The average molecular weight is 726 g/mol. The fourth-order valence-electron chi connectivity index (χ4n) is 8.23. The molecule has 0 aromatic heterocycles. The third-order valence-electron chi connectivity index (χ3n) is 11.1. The molecule has 0 aliphatic carbocycles. The molecule has 0 unspecified atom stereocenters. The zero-order valence-electron chi connectivity index (χ0n) is 31.5. The zero-order valence-corrected chi connectivity index (χ0v) is 31.5. The van der Waals surface area contributed by atoms with Gasteiger partial charge in [-0.15, -0.1) is 0 Å². The maximum absolute atomic E-state index is 2.42. The molecule has 0 saturated heterocycles. The van der Waals surface area contributed by atoms with Gasteiger partial charge in [-0.3, -0.25) is 0 Å². The van der Waals surface area contributed by atoms with Gasteiger partial charge < -0.3 is 4.90 Å². The Balaban J connectivity index is 1.08. The normalized spacial score (nSPS) is 11.2. The predicted molar refractivity (Wildman–Crippen MR) is 243 cm³/mol. The van der Waals surface area contributed by atoms with Gasteiger partial charge in [0, 0.05) is 16.9 Å². The number of anilines is 3. The van der Waals surface area contributed by atoms with Crippen molar-refractivity contribution < 1.29 is 0 Å². The molecule has 0 spiro atoms. The first-order chi connectivity index (χ1) is 28.3. The highest BCUT2D eigenvalue weighted by Gasteiger charge is 2.20. The fourth-order valence-corrected chi connectivity index (χ4v) is 8.23. The largest absolute Gasteiger partial charge is 0.310 e. The molecular formula is C56H39N. The Morgan fingerprint density at radius 1 is 0.228 bits per heavy atom. The summed E-state index contributed by atoms with van der Waals surface area (Å²) < 4.78 is 0. The lowest BCUT2D eigenvalue weighted by atomic mass is 9.92. The standard InChI is InChI=1S/C56H39N/c1-2-15-44(16-3-1)52-23-8-9-24-54(52)55-25-10-11-27-56(55)57(50-21-12-20-48(39-50)53-26-13-19-45-17-6-7-22-51(45)53)49-36-34-42(35-37-49)41-28-30-43(31-29-41)47-33-32-40-14-4-5-18-46(40)38-47/h1-39H. The molecule has 57 heavy (non-hydrogen) atoms. The second kappa shape index (κ2) is 15.0. The van der Waals surface area contributed by atoms with Crippen molar-refractivity contribution in [1.29, 1.82) is 0 Å². The lowest BCUT2D eigenvalue weighted by Crippen LogP contribution is -2.11. The number of hydrogen-bond donors (Lipinski definition) is 0. The fraction of sp³-hybridized carbons (Fsp3) is 0. The first-order valence-electron chi connectivity index (χ1n) is 19.6. The minimum atomic E-state index is 1.09. The molecule has 0 N–H and O–H groups in total. The third kappa shape index (κ3) is 6.66. The first-order valence-corrected chi connectivity index (χ1v) is 19.6. The highest BCUT2D eigenvalue weighted by atomic mass is 15.1. The number of hydrogen-bond acceptors (Lipinski definition) is 1. The highest BCUT2D eigenvalue weighted by Crippen LogP contribution is 2.45. The molecular weight excluding hydrogens is 687 g/mol. The second-order valence-corrected chi connectivity index (χ2v) is 14.5. The van der Waals surface area contributed by atoms with Crippen LogP contribution in [0.1, 0.15) is 0 Å². The summed E-state index contributed by atoms with van der Waals surface area (Å²) in [6, 6.07) is 85.6. The number of benzene rings is 10. The number of fused-ring (bicyclic) bond motifs is 2. The van der Waals surface area contributed by atoms with Crippen LogP contribution >= 0.6 is 0 Å². The van der Waals surface area contributed by atoms with E-state index in [9.17, 15) is 0 Å². The molecule has 0 saturated carbocycles. The number of rotatable bonds is 8. The van der Waals surface area contributed by atoms with E-state index in [4.69, 9.17) is 0 Å². The van der Waals surface area contributed by atoms with Crippen molar-refractivity contribution in [2.75, 3.05) is 4.90 Å². The van der Waals surface area contributed by atoms with Crippen molar-refractivity contribution >= 4 is 38.6 Å². The molecule has 0 bridgehead atoms. The van der Waals surface area contributed by atoms with Gasteiger partial charge in [-0.25, -0.2) is 0 Å². The van der Waals surface area contributed by atoms with Gasteiger partial charge in [0.05, 0.1) is 5.69 Å². The maximum Gasteiger partial charge on any atom is 0.0540 e. The average Bonchev–Trinajstić information content (AvgIpc) is 3.30. The van der Waals surface area contributed by atoms with Crippen LogP contribution in [0.2, 0.25) is 0 Å². The molecule has 10 aromatic rings. The molecule has 0 aliphatic heterocycles. The molecule has 1 nitrogen and oxygen atoms in total. The summed E-state index contributed by atoms with van der Waals surface area (Å²) in [6.07, 6.45) is 0. The summed E-state index contributed by atoms with van der Waals surface area (Å²) in [6.45, 7) is 0. The molecule has 10 rings (SSSR count). The van der Waals surface area contributed by atoms with Gasteiger partial charge in [0.1, 0.15) is 0 Å². The van der Waals surface area contributed by atoms with Gasteiger partial charge >= 0.3 is 0 Å². The van der Waals surface area contributed by atoms with Crippen molar-refractivity contribution in [3.63, 3.8) is 0 Å². The van der Waals surface area contributed by atoms with Crippen molar-refractivity contribution in [1.82, 2.24) is 0 Å². The SMILES string of the molecule is c1ccc(-c2ccccc2-c2ccccc2N(c2ccc(-c3ccc(-c4ccc5ccccc5c4)cc3)cc2)c2cccc(-c3cccc4ccccc34)c2)cc1. The van der Waals surface area contributed by atoms with Crippen molar-refractivity contribution in [3.8, 4) is 55.6 Å². The summed E-state index contributed by atoms with van der Waals surface area (Å²) >= 11 is 0. The van der Waals surface area contributed by atoms with Gasteiger partial charge in [-0.1, -0.05) is 200 Å². The van der Waals surface area contributed by atoms with E-state index in [-0.39, 0.29) is 0 Å². The van der Waals surface area contributed by atoms with Crippen LogP contribution in [0, 0.1) is 0 Å². The van der Waals surface area contributed by atoms with E-state index in [1.165, 1.54) is 77.2 Å². The third-order valence-corrected chi connectivity index (χ3v) is 11.1. The van der Waals surface area contributed by atoms with Crippen LogP contribution in [-0.2, 0) is 0 Å². The monoisotopic (exact) mass is 725 g/mol. The lowest BCUT2D eigenvalue weighted by Gasteiger charge is -2.29. The van der Waals surface area contributed by atoms with Crippen LogP contribution in [0.4, 0.5) is 17.1 Å². The quantitative estimate of drug-likeness (QED) is 0.151. The molecule has 0 heterocycles. The van der Waals surface area contributed by atoms with Gasteiger partial charge in [0.15, 0.2) is 0 Å². The molecule has 0 radical (unpaired) electrons. The molecule has 0 amide bonds. The Labute approximate surface area is 334 Å². The first kappa shape index (κ1) is 34.0. The minimum absolute atomic E-state index is 1.09. The Morgan fingerprint density at radius 2 is 0.754 bits per heavy atom. The van der Waals surface area contributed by atoms with Crippen molar-refractivity contribution in [3.05, 3.63) is 237 Å². The Kier molecular flexibility index (Phi) is 8.95. The Hall–Kier alpha value is -7.48. The van der Waals surface area contributed by atoms with E-state index in [2.05, 4.69) is 241 Å². The van der Waals surface area contributed by atoms with E-state index in [1.807, 2.05) is 0 Å². The van der Waals surface area contributed by atoms with E-state index < -0.39 is 0 Å². The molecule has 0 fully saturated rings. The summed E-state index contributed by atoms with van der Waals surface area (Å²) in [4.78, 5) is 2.42. The van der Waals surface area contributed by atoms with E-state index in [0.29, 0.717) is 0 Å². The summed E-state index contributed by atoms with van der Waals surface area (Å²) in [5.74, 6) is 0. The topological polar surface area (TPSA) is 3.24 Å². The van der Waals surface area contributed by atoms with Gasteiger partial charge in [0.2, 0.25) is 0 Å². The number of para-hydroxylation sites is 1. The number of nitrogens with zero attached hydrogens (tertiary/aromatic N) is 1. The Morgan fingerprint density at radius 3 is 1.54 bits per heavy atom. The zero-order chi connectivity index (χ0) is 38.0. The molecule has 0 atom stereocenters. The molecule has 0 aliphatic rings. The predicted octanol–water partition coefficient (Wildman–Crippen LogP) is 15.8. The van der Waals surface area contributed by atoms with Crippen LogP contribution in [0.3, 0.4) is 0 Å². The maximum atomic E-state index is 2.42. The summed E-state index contributed by atoms with van der Waals surface area (Å²) in [7, 11) is 0. The highest BCUT2D eigenvalue weighted by molar-refractivity contribution is 5.99. The van der Waals surface area contributed by atoms with E-state index in [1.54, 1.807) is 0 Å². The smallest absolute Gasteiger partial charge is 0.0540 e. The van der Waals surface area contributed by atoms with Gasteiger partial charge in [-0.2, -0.15) is 0 Å². The summed E-state index contributed by atoms with van der Waals surface area (Å²) in [5.41, 5.74) is 15.3. The van der Waals surface area contributed by atoms with Crippen LogP contribution in [0.5, 0.6) is 0 Å². The second-order valence-electron chi connectivity index (χ2n) is 14.5. The van der Waals surface area contributed by atoms with Crippen LogP contribution < -0.4 is 4.90 Å². The van der Waals surface area contributed by atoms with Gasteiger partial charge in [0.25, 0.3) is 0 Å². The van der Waals surface area contributed by atoms with Crippen molar-refractivity contribution in [2.24, 2.45) is 0 Å². The van der Waals surface area contributed by atoms with E-state index >= 15 is 0 Å². The van der Waals surface area contributed by atoms with Crippen molar-refractivity contribution in [2.45, 2.75) is 0 Å². The Bertz CT molecular complexity index is 2990. The lowest BCUT2D eigenvalue weighted by molar-refractivity contribution is 1.28. The molecule has 268 valence electrons. The van der Waals surface area contributed by atoms with Gasteiger partial charge in [-0.05, 0) is 108 Å². The minimum Gasteiger partial charge on any atom is -0.310 e. The summed E-state index contributed by atoms with van der Waals surface area (Å²) in [5, 5.41) is 5.00. The van der Waals surface area contributed by atoms with Crippen LogP contribution in [0.15, 0.2) is 237 Å². The van der Waals surface area contributed by atoms with E-state index in [0.717, 1.165) is 17.1 Å². The van der Waals surface area contributed by atoms with Crippen LogP contribution in [0.25, 0.3) is 77.2 Å².